The maximum absolute atomic E-state index is 11.3. The monoisotopic (exact) mass is 291 g/mol. The molecule has 0 amide bonds. The molecule has 21 heavy (non-hydrogen) atoms. The summed E-state index contributed by atoms with van der Waals surface area (Å²) in [5.41, 5.74) is -0.0232. The maximum Gasteiger partial charge on any atom is 0.228 e. The van der Waals surface area contributed by atoms with E-state index in [1.165, 1.54) is 0 Å². The van der Waals surface area contributed by atoms with E-state index in [4.69, 9.17) is 0 Å². The largest absolute Gasteiger partial charge is 0.722 e. The minimum Gasteiger partial charge on any atom is -0.722 e. The van der Waals surface area contributed by atoms with Gasteiger partial charge in [0, 0.05) is 5.10 Å². The van der Waals surface area contributed by atoms with Gasteiger partial charge in [-0.1, -0.05) is 5.21 Å². The van der Waals surface area contributed by atoms with E-state index < -0.39 is 0 Å². The number of nitrogens with one attached hydrogen (secondary N) is 3. The van der Waals surface area contributed by atoms with Crippen LogP contribution in [0.3, 0.4) is 0 Å². The van der Waals surface area contributed by atoms with E-state index in [9.17, 15) is 5.21 Å². The van der Waals surface area contributed by atoms with Crippen LogP contribution in [-0.2, 0) is 4.94 Å². The summed E-state index contributed by atoms with van der Waals surface area (Å²) in [6.07, 6.45) is 3.35. The van der Waals surface area contributed by atoms with Crippen molar-refractivity contribution in [2.45, 2.75) is 0 Å². The van der Waals surface area contributed by atoms with Crippen molar-refractivity contribution in [1.29, 1.82) is 0 Å². The fourth-order valence-corrected chi connectivity index (χ4v) is 1.27. The summed E-state index contributed by atoms with van der Waals surface area (Å²) in [6, 6.07) is 0. The average Bonchev–Trinajstić information content (AvgIpc) is 3.28. The molecule has 0 aromatic carbocycles. The number of hydrogen-bond donors (Lipinski definition) is 2. The van der Waals surface area contributed by atoms with Crippen LogP contribution in [-0.4, -0.2) is 41.9 Å². The summed E-state index contributed by atoms with van der Waals surface area (Å²) >= 11 is 0. The summed E-state index contributed by atoms with van der Waals surface area (Å²) in [5, 5.41) is 49.9. The first-order valence-corrected chi connectivity index (χ1v) is 5.24. The van der Waals surface area contributed by atoms with Crippen molar-refractivity contribution in [3.05, 3.63) is 34.9 Å². The molecule has 15 heteroatoms. The summed E-state index contributed by atoms with van der Waals surface area (Å²) < 4.78 is 0. The van der Waals surface area contributed by atoms with Crippen LogP contribution in [0.2, 0.25) is 0 Å². The molecule has 0 saturated carbocycles. The van der Waals surface area contributed by atoms with Crippen LogP contribution in [0.4, 0.5) is 0 Å². The van der Waals surface area contributed by atoms with Crippen molar-refractivity contribution in [2.75, 3.05) is 0 Å². The molecule has 0 unspecified atom stereocenters. The molecule has 2 aromatic rings. The molecule has 106 valence electrons. The Morgan fingerprint density at radius 3 is 2.71 bits per heavy atom. The van der Waals surface area contributed by atoms with Crippen molar-refractivity contribution < 1.29 is 10.0 Å². The fourth-order valence-electron chi connectivity index (χ4n) is 1.27. The van der Waals surface area contributed by atoms with Crippen LogP contribution in [0, 0.1) is 5.21 Å². The molecule has 0 spiro atoms. The molecular weight excluding hydrogens is 286 g/mol. The van der Waals surface area contributed by atoms with Gasteiger partial charge in [-0.2, -0.15) is 10.3 Å². The van der Waals surface area contributed by atoms with Crippen molar-refractivity contribution in [1.82, 2.24) is 36.2 Å². The van der Waals surface area contributed by atoms with Crippen LogP contribution >= 0.6 is 0 Å². The predicted molar refractivity (Wildman–Crippen MR) is 58.9 cm³/mol. The lowest BCUT2D eigenvalue weighted by molar-refractivity contribution is -0.454. The Hall–Kier alpha value is -3.62. The van der Waals surface area contributed by atoms with E-state index in [1.807, 2.05) is 0 Å². The highest BCUT2D eigenvalue weighted by molar-refractivity contribution is 6.10. The zero-order chi connectivity index (χ0) is 14.5. The minimum atomic E-state index is -0.0774. The van der Waals surface area contributed by atoms with E-state index in [0.717, 1.165) is 0 Å². The van der Waals surface area contributed by atoms with Gasteiger partial charge in [-0.25, -0.2) is 5.23 Å². The van der Waals surface area contributed by atoms with E-state index in [2.05, 4.69) is 66.8 Å². The molecule has 0 aliphatic carbocycles. The number of rotatable bonds is 1. The molecule has 4 rings (SSSR count). The van der Waals surface area contributed by atoms with Crippen LogP contribution < -0.4 is 5.10 Å². The van der Waals surface area contributed by atoms with E-state index in [1.54, 1.807) is 12.4 Å². The molecule has 2 aliphatic rings. The van der Waals surface area contributed by atoms with Crippen molar-refractivity contribution in [3.8, 4) is 0 Å². The highest BCUT2D eigenvalue weighted by Gasteiger charge is 2.29. The number of oxime groups is 1. The number of tetrazole rings is 1. The first-order chi connectivity index (χ1) is 10.4. The molecule has 4 heterocycles. The lowest BCUT2D eigenvalue weighted by Gasteiger charge is -2.19. The second kappa shape index (κ2) is 5.57. The van der Waals surface area contributed by atoms with Gasteiger partial charge in [0.25, 0.3) is 0 Å². The Kier molecular flexibility index (Phi) is 3.29. The zero-order valence-electron chi connectivity index (χ0n) is 9.94. The van der Waals surface area contributed by atoms with Gasteiger partial charge in [0.2, 0.25) is 17.8 Å². The first-order valence-electron chi connectivity index (χ1n) is 5.24. The van der Waals surface area contributed by atoms with Gasteiger partial charge in [-0.15, -0.1) is 20.4 Å². The molecule has 0 bridgehead atoms. The van der Waals surface area contributed by atoms with E-state index >= 15 is 0 Å². The zero-order valence-corrected chi connectivity index (χ0v) is 9.94. The quantitative estimate of drug-likeness (QED) is 0.662. The van der Waals surface area contributed by atoms with E-state index in [-0.39, 0.29) is 28.3 Å². The number of nitrogens with zero attached hydrogens (tertiary/aromatic N) is 10. The fraction of sp³-hybridized carbons (Fsp3) is 0. The normalized spacial score (nSPS) is 15.9. The predicted octanol–water partition coefficient (Wildman–Crippen LogP) is -1.13. The van der Waals surface area contributed by atoms with Crippen molar-refractivity contribution >= 4 is 5.71 Å². The smallest absolute Gasteiger partial charge is 0.228 e. The third kappa shape index (κ3) is 2.56. The number of aromatic nitrogens is 7. The van der Waals surface area contributed by atoms with Gasteiger partial charge in [0.15, 0.2) is 11.9 Å². The number of aromatic amines is 3. The second-order valence-corrected chi connectivity index (χ2v) is 3.27. The van der Waals surface area contributed by atoms with Gasteiger partial charge in [0.1, 0.15) is 5.70 Å². The summed E-state index contributed by atoms with van der Waals surface area (Å²) in [7, 11) is 0. The summed E-state index contributed by atoms with van der Waals surface area (Å²) in [5.74, 6) is 0.0502. The Morgan fingerprint density at radius 2 is 2.14 bits per heavy atom. The Balaban J connectivity index is 0.000000225. The van der Waals surface area contributed by atoms with Crippen LogP contribution in [0.25, 0.3) is 0 Å². The number of H-pyrrole nitrogens is 3. The third-order valence-electron chi connectivity index (χ3n) is 2.06. The van der Waals surface area contributed by atoms with Crippen LogP contribution in [0.15, 0.2) is 49.7 Å². The Morgan fingerprint density at radius 1 is 1.29 bits per heavy atom. The lowest BCUT2D eigenvalue weighted by atomic mass is 10.2. The molecule has 2 aliphatic heterocycles. The summed E-state index contributed by atoms with van der Waals surface area (Å²) in [6.45, 7) is 0. The first kappa shape index (κ1) is 12.4. The van der Waals surface area contributed by atoms with Gasteiger partial charge in [0.05, 0.1) is 0 Å². The second-order valence-electron chi connectivity index (χ2n) is 3.27. The highest BCUT2D eigenvalue weighted by Crippen LogP contribution is 2.25. The van der Waals surface area contributed by atoms with Crippen molar-refractivity contribution in [3.63, 3.8) is 0 Å². The van der Waals surface area contributed by atoms with Gasteiger partial charge in [-0.05, 0) is 20.8 Å². The summed E-state index contributed by atoms with van der Waals surface area (Å²) in [4.78, 5) is 4.40. The average molecular weight is 291 g/mol. The molecule has 3 N–H and O–H groups in total. The van der Waals surface area contributed by atoms with Crippen molar-refractivity contribution in [2.24, 2.45) is 25.8 Å². The van der Waals surface area contributed by atoms with Crippen LogP contribution in [0.1, 0.15) is 5.82 Å². The third-order valence-corrected chi connectivity index (χ3v) is 2.06. The minimum absolute atomic E-state index is 0.0314. The topological polar surface area (TPSA) is 195 Å². The molecular formula is C6H5N13O2. The lowest BCUT2D eigenvalue weighted by Crippen LogP contribution is -2.16. The van der Waals surface area contributed by atoms with Gasteiger partial charge in [-0.3, -0.25) is 4.94 Å². The number of hydroxylamine groups is 2. The standard InChI is InChI=1S/C4HN10O2.C2H3N3/c15-14-2(4-7-12-13-8-4)1(9-16-14)3-5-10-11-6-3;1-2-4-5-3-1/h(H,5,6,10,11);1-2H,(H,3,4,5)/q-1;/p+1. The molecule has 2 aromatic heterocycles. The molecule has 0 fully saturated rings. The maximum atomic E-state index is 11.3. The van der Waals surface area contributed by atoms with Gasteiger partial charge < -0.3 is 5.21 Å². The Bertz CT molecular complexity index is 666. The van der Waals surface area contributed by atoms with E-state index in [0.29, 0.717) is 0 Å². The highest BCUT2D eigenvalue weighted by atomic mass is 17.0. The number of hydrogen-bond acceptors (Lipinski definition) is 12. The molecule has 15 nitrogen and oxygen atoms in total. The molecule has 0 radical (unpaired) electrons. The number of allylic oxidation sites excluding steroid dienone is 1. The molecule has 0 saturated heterocycles. The SMILES string of the molecule is [O-]N1ON=C(c2nn[nH]n2)C1=C1N=NN=N1.c1c[nH+][nH]n1. The van der Waals surface area contributed by atoms with Gasteiger partial charge >= 0.3 is 0 Å². The Labute approximate surface area is 114 Å². The van der Waals surface area contributed by atoms with Crippen LogP contribution in [0.5, 0.6) is 0 Å². The molecule has 0 atom stereocenters.